The Morgan fingerprint density at radius 2 is 1.85 bits per heavy atom. The first-order valence-electron chi connectivity index (χ1n) is 3.31. The zero-order valence-corrected chi connectivity index (χ0v) is 9.04. The molecule has 1 aromatic rings. The number of hydrogen-bond donors (Lipinski definition) is 1. The zero-order chi connectivity index (χ0) is 10.2. The average molecular weight is 240 g/mol. The Morgan fingerprint density at radius 3 is 2.23 bits per heavy atom. The van der Waals surface area contributed by atoms with Gasteiger partial charge in [0.25, 0.3) is 0 Å². The van der Waals surface area contributed by atoms with Gasteiger partial charge >= 0.3 is 0 Å². The largest absolute Gasteiger partial charge is 0.239 e. The quantitative estimate of drug-likeness (QED) is 0.815. The van der Waals surface area contributed by atoms with E-state index in [1.807, 2.05) is 0 Å². The highest BCUT2D eigenvalue weighted by Crippen LogP contribution is 2.30. The number of nitrogens with two attached hydrogens (primary N) is 1. The topological polar surface area (TPSA) is 60.2 Å². The summed E-state index contributed by atoms with van der Waals surface area (Å²) in [6.45, 7) is 1.60. The molecule has 0 radical (unpaired) electrons. The molecule has 0 aliphatic heterocycles. The van der Waals surface area contributed by atoms with Crippen LogP contribution in [-0.2, 0) is 10.0 Å². The van der Waals surface area contributed by atoms with Gasteiger partial charge in [-0.2, -0.15) is 0 Å². The Morgan fingerprint density at radius 1 is 1.31 bits per heavy atom. The lowest BCUT2D eigenvalue weighted by atomic mass is 10.2. The first-order valence-corrected chi connectivity index (χ1v) is 5.61. The third-order valence-corrected chi connectivity index (χ3v) is 3.54. The molecule has 3 nitrogen and oxygen atoms in total. The Kier molecular flexibility index (Phi) is 2.87. The fraction of sp³-hybridized carbons (Fsp3) is 0.143. The predicted octanol–water partition coefficient (Wildman–Crippen LogP) is 1.95. The lowest BCUT2D eigenvalue weighted by molar-refractivity contribution is 0.597. The van der Waals surface area contributed by atoms with Crippen molar-refractivity contribution in [2.45, 2.75) is 11.8 Å². The second-order valence-electron chi connectivity index (χ2n) is 2.55. The first-order chi connectivity index (χ1) is 5.84. The highest BCUT2D eigenvalue weighted by Gasteiger charge is 2.17. The fourth-order valence-corrected chi connectivity index (χ4v) is 2.60. The van der Waals surface area contributed by atoms with E-state index in [-0.39, 0.29) is 14.9 Å². The van der Waals surface area contributed by atoms with Gasteiger partial charge in [0, 0.05) is 0 Å². The van der Waals surface area contributed by atoms with Crippen molar-refractivity contribution in [1.29, 1.82) is 0 Å². The van der Waals surface area contributed by atoms with Crippen LogP contribution in [-0.4, -0.2) is 8.42 Å². The minimum atomic E-state index is -3.80. The molecule has 0 unspecified atom stereocenters. The highest BCUT2D eigenvalue weighted by molar-refractivity contribution is 7.89. The van der Waals surface area contributed by atoms with Crippen LogP contribution in [0.4, 0.5) is 0 Å². The third-order valence-electron chi connectivity index (χ3n) is 1.53. The molecule has 72 valence electrons. The van der Waals surface area contributed by atoms with Gasteiger partial charge in [-0.05, 0) is 18.6 Å². The fourth-order valence-electron chi connectivity index (χ4n) is 0.978. The Bertz CT molecular complexity index is 442. The van der Waals surface area contributed by atoms with E-state index in [1.165, 1.54) is 6.07 Å². The van der Waals surface area contributed by atoms with Crippen LogP contribution in [0, 0.1) is 6.92 Å². The molecule has 13 heavy (non-hydrogen) atoms. The summed E-state index contributed by atoms with van der Waals surface area (Å²) in [6.07, 6.45) is 0. The van der Waals surface area contributed by atoms with Crippen molar-refractivity contribution in [3.63, 3.8) is 0 Å². The summed E-state index contributed by atoms with van der Waals surface area (Å²) in [6, 6.07) is 3.07. The molecule has 0 aliphatic carbocycles. The maximum Gasteiger partial charge on any atom is 0.239 e. The molecule has 2 N–H and O–H groups in total. The molecule has 0 saturated carbocycles. The number of sulfonamides is 1. The minimum absolute atomic E-state index is 0.0239. The number of primary sulfonamides is 1. The summed E-state index contributed by atoms with van der Waals surface area (Å²) >= 11 is 11.3. The van der Waals surface area contributed by atoms with Gasteiger partial charge in [-0.15, -0.1) is 0 Å². The van der Waals surface area contributed by atoms with Crippen LogP contribution in [0.3, 0.4) is 0 Å². The number of halogens is 2. The summed E-state index contributed by atoms with van der Waals surface area (Å²) < 4.78 is 22.1. The molecule has 0 saturated heterocycles. The van der Waals surface area contributed by atoms with Crippen molar-refractivity contribution in [2.24, 2.45) is 5.14 Å². The zero-order valence-electron chi connectivity index (χ0n) is 6.71. The van der Waals surface area contributed by atoms with E-state index in [4.69, 9.17) is 28.3 Å². The number of aryl methyl sites for hydroxylation is 1. The predicted molar refractivity (Wildman–Crippen MR) is 52.6 cm³/mol. The van der Waals surface area contributed by atoms with Crippen LogP contribution in [0.2, 0.25) is 10.0 Å². The maximum absolute atomic E-state index is 11.1. The molecule has 1 rings (SSSR count). The van der Waals surface area contributed by atoms with Crippen molar-refractivity contribution in [2.75, 3.05) is 0 Å². The van der Waals surface area contributed by atoms with Gasteiger partial charge in [0.2, 0.25) is 10.0 Å². The van der Waals surface area contributed by atoms with E-state index in [0.29, 0.717) is 5.56 Å². The SMILES string of the molecule is Cc1ccc(Cl)c(Cl)c1S(N)(=O)=O. The van der Waals surface area contributed by atoms with E-state index < -0.39 is 10.0 Å². The van der Waals surface area contributed by atoms with Crippen molar-refractivity contribution < 1.29 is 8.42 Å². The maximum atomic E-state index is 11.1. The molecular formula is C7H7Cl2NO2S. The van der Waals surface area contributed by atoms with Gasteiger partial charge in [-0.1, -0.05) is 29.3 Å². The monoisotopic (exact) mass is 239 g/mol. The molecule has 0 amide bonds. The van der Waals surface area contributed by atoms with Crippen molar-refractivity contribution in [3.8, 4) is 0 Å². The van der Waals surface area contributed by atoms with Crippen LogP contribution in [0.25, 0.3) is 0 Å². The molecule has 0 atom stereocenters. The van der Waals surface area contributed by atoms with Crippen LogP contribution in [0.1, 0.15) is 5.56 Å². The summed E-state index contributed by atoms with van der Waals surface area (Å²) in [5.41, 5.74) is 0.483. The minimum Gasteiger partial charge on any atom is -0.225 e. The van der Waals surface area contributed by atoms with Crippen molar-refractivity contribution >= 4 is 33.2 Å². The Labute approximate surface area is 86.5 Å². The van der Waals surface area contributed by atoms with Crippen LogP contribution >= 0.6 is 23.2 Å². The molecule has 0 spiro atoms. The second-order valence-corrected chi connectivity index (χ2v) is 4.84. The van der Waals surface area contributed by atoms with Gasteiger partial charge in [-0.3, -0.25) is 0 Å². The summed E-state index contributed by atoms with van der Waals surface area (Å²) in [7, 11) is -3.80. The summed E-state index contributed by atoms with van der Waals surface area (Å²) in [5, 5.41) is 5.11. The van der Waals surface area contributed by atoms with Gasteiger partial charge in [0.15, 0.2) is 0 Å². The number of benzene rings is 1. The Balaban J connectivity index is 3.62. The molecule has 0 aliphatic rings. The average Bonchev–Trinajstić information content (AvgIpc) is 1.95. The molecule has 0 bridgehead atoms. The van der Waals surface area contributed by atoms with E-state index >= 15 is 0 Å². The Hall–Kier alpha value is -0.290. The molecular weight excluding hydrogens is 233 g/mol. The van der Waals surface area contributed by atoms with Crippen molar-refractivity contribution in [3.05, 3.63) is 27.7 Å². The van der Waals surface area contributed by atoms with Crippen LogP contribution < -0.4 is 5.14 Å². The molecule has 6 heteroatoms. The van der Waals surface area contributed by atoms with E-state index in [9.17, 15) is 8.42 Å². The molecule has 0 fully saturated rings. The number of rotatable bonds is 1. The third kappa shape index (κ3) is 2.14. The van der Waals surface area contributed by atoms with E-state index in [1.54, 1.807) is 13.0 Å². The number of hydrogen-bond acceptors (Lipinski definition) is 2. The standard InChI is InChI=1S/C7H7Cl2NO2S/c1-4-2-3-5(8)6(9)7(4)13(10,11)12/h2-3H,1H3,(H2,10,11,12). The van der Waals surface area contributed by atoms with E-state index in [0.717, 1.165) is 0 Å². The van der Waals surface area contributed by atoms with E-state index in [2.05, 4.69) is 0 Å². The highest BCUT2D eigenvalue weighted by atomic mass is 35.5. The van der Waals surface area contributed by atoms with Crippen LogP contribution in [0.5, 0.6) is 0 Å². The first kappa shape index (κ1) is 10.8. The second kappa shape index (κ2) is 3.46. The lowest BCUT2D eigenvalue weighted by Gasteiger charge is -2.06. The van der Waals surface area contributed by atoms with Gasteiger partial charge in [-0.25, -0.2) is 13.6 Å². The lowest BCUT2D eigenvalue weighted by Crippen LogP contribution is -2.14. The smallest absolute Gasteiger partial charge is 0.225 e. The summed E-state index contributed by atoms with van der Waals surface area (Å²) in [5.74, 6) is 0. The van der Waals surface area contributed by atoms with Gasteiger partial charge < -0.3 is 0 Å². The van der Waals surface area contributed by atoms with Crippen LogP contribution in [0.15, 0.2) is 17.0 Å². The van der Waals surface area contributed by atoms with Gasteiger partial charge in [0.05, 0.1) is 10.0 Å². The molecule has 0 aromatic heterocycles. The normalized spacial score (nSPS) is 11.7. The molecule has 0 heterocycles. The van der Waals surface area contributed by atoms with Crippen molar-refractivity contribution in [1.82, 2.24) is 0 Å². The summed E-state index contributed by atoms with van der Waals surface area (Å²) in [4.78, 5) is -0.110. The molecule has 1 aromatic carbocycles. The van der Waals surface area contributed by atoms with Gasteiger partial charge in [0.1, 0.15) is 4.90 Å².